The SMILES string of the molecule is O=c1cc(C2CCNCC2)n2c(n1)C1C(C3CCCC3)=CC=CC1=N2. The molecule has 0 bridgehead atoms. The maximum atomic E-state index is 12.4. The summed E-state index contributed by atoms with van der Waals surface area (Å²) < 4.78 is 2.00. The lowest BCUT2D eigenvalue weighted by molar-refractivity contribution is 0.439. The second-order valence-electron chi connectivity index (χ2n) is 7.68. The van der Waals surface area contributed by atoms with Gasteiger partial charge in [0.25, 0.3) is 5.56 Å². The Morgan fingerprint density at radius 1 is 1.08 bits per heavy atom. The zero-order valence-electron chi connectivity index (χ0n) is 14.4. The van der Waals surface area contributed by atoms with Crippen molar-refractivity contribution in [1.29, 1.82) is 0 Å². The van der Waals surface area contributed by atoms with Crippen LogP contribution in [0.15, 0.2) is 39.8 Å². The lowest BCUT2D eigenvalue weighted by Gasteiger charge is -2.25. The fourth-order valence-electron chi connectivity index (χ4n) is 4.96. The summed E-state index contributed by atoms with van der Waals surface area (Å²) in [6.07, 6.45) is 13.7. The van der Waals surface area contributed by atoms with Crippen LogP contribution in [0.1, 0.15) is 61.9 Å². The predicted octanol–water partition coefficient (Wildman–Crippen LogP) is 2.70. The molecule has 2 fully saturated rings. The summed E-state index contributed by atoms with van der Waals surface area (Å²) in [5.41, 5.74) is 3.41. The first-order valence-corrected chi connectivity index (χ1v) is 9.63. The number of aromatic nitrogens is 2. The summed E-state index contributed by atoms with van der Waals surface area (Å²) in [6, 6.07) is 1.71. The van der Waals surface area contributed by atoms with Crippen molar-refractivity contribution >= 4 is 5.71 Å². The number of nitrogens with zero attached hydrogens (tertiary/aromatic N) is 3. The second-order valence-corrected chi connectivity index (χ2v) is 7.68. The molecule has 1 N–H and O–H groups in total. The van der Waals surface area contributed by atoms with Gasteiger partial charge in [-0.05, 0) is 50.8 Å². The largest absolute Gasteiger partial charge is 0.317 e. The number of piperidine rings is 1. The molecule has 0 radical (unpaired) electrons. The molecule has 1 aromatic rings. The van der Waals surface area contributed by atoms with Gasteiger partial charge >= 0.3 is 0 Å². The van der Waals surface area contributed by atoms with Gasteiger partial charge in [0.1, 0.15) is 5.82 Å². The first-order chi connectivity index (χ1) is 12.3. The zero-order valence-corrected chi connectivity index (χ0v) is 14.4. The van der Waals surface area contributed by atoms with E-state index in [1.54, 1.807) is 6.07 Å². The molecular weight excluding hydrogens is 312 g/mol. The molecule has 1 saturated carbocycles. The smallest absolute Gasteiger partial charge is 0.273 e. The quantitative estimate of drug-likeness (QED) is 0.903. The number of rotatable bonds is 2. The van der Waals surface area contributed by atoms with Crippen LogP contribution in [-0.4, -0.2) is 28.5 Å². The van der Waals surface area contributed by atoms with Gasteiger partial charge in [-0.25, -0.2) is 4.68 Å². The van der Waals surface area contributed by atoms with Crippen LogP contribution in [0.2, 0.25) is 0 Å². The van der Waals surface area contributed by atoms with Gasteiger partial charge in [-0.1, -0.05) is 30.6 Å². The Kier molecular flexibility index (Phi) is 3.70. The highest BCUT2D eigenvalue weighted by atomic mass is 16.1. The van der Waals surface area contributed by atoms with Crippen molar-refractivity contribution in [3.05, 3.63) is 51.7 Å². The Balaban J connectivity index is 1.60. The van der Waals surface area contributed by atoms with E-state index in [4.69, 9.17) is 5.10 Å². The molecule has 2 aliphatic carbocycles. The lowest BCUT2D eigenvalue weighted by atomic mass is 9.81. The summed E-state index contributed by atoms with van der Waals surface area (Å²) >= 11 is 0. The minimum Gasteiger partial charge on any atom is -0.317 e. The average Bonchev–Trinajstić information content (AvgIpc) is 3.29. The van der Waals surface area contributed by atoms with E-state index < -0.39 is 0 Å². The van der Waals surface area contributed by atoms with Crippen LogP contribution >= 0.6 is 0 Å². The maximum Gasteiger partial charge on any atom is 0.273 e. The van der Waals surface area contributed by atoms with Crippen molar-refractivity contribution in [2.45, 2.75) is 50.4 Å². The minimum absolute atomic E-state index is 0.0856. The molecule has 2 aliphatic heterocycles. The zero-order chi connectivity index (χ0) is 16.8. The summed E-state index contributed by atoms with van der Waals surface area (Å²) in [4.78, 5) is 16.8. The van der Waals surface area contributed by atoms with Crippen LogP contribution in [0.4, 0.5) is 0 Å². The molecule has 1 saturated heterocycles. The molecule has 130 valence electrons. The van der Waals surface area contributed by atoms with E-state index in [1.807, 2.05) is 4.68 Å². The van der Waals surface area contributed by atoms with Gasteiger partial charge in [-0.2, -0.15) is 10.1 Å². The van der Waals surface area contributed by atoms with E-state index in [0.29, 0.717) is 11.8 Å². The third-order valence-corrected chi connectivity index (χ3v) is 6.20. The minimum atomic E-state index is -0.114. The third kappa shape index (κ3) is 2.53. The Labute approximate surface area is 147 Å². The van der Waals surface area contributed by atoms with Crippen molar-refractivity contribution < 1.29 is 0 Å². The van der Waals surface area contributed by atoms with Gasteiger partial charge in [0.2, 0.25) is 0 Å². The first kappa shape index (κ1) is 15.3. The Morgan fingerprint density at radius 2 is 1.88 bits per heavy atom. The van der Waals surface area contributed by atoms with Crippen LogP contribution in [0.25, 0.3) is 0 Å². The number of allylic oxidation sites excluding steroid dienone is 4. The molecule has 1 aromatic heterocycles. The van der Waals surface area contributed by atoms with Gasteiger partial charge < -0.3 is 5.32 Å². The van der Waals surface area contributed by atoms with E-state index in [2.05, 4.69) is 28.5 Å². The van der Waals surface area contributed by atoms with Crippen LogP contribution in [0, 0.1) is 5.92 Å². The molecule has 3 heterocycles. The normalized spacial score (nSPS) is 26.3. The van der Waals surface area contributed by atoms with Crippen molar-refractivity contribution in [2.24, 2.45) is 11.0 Å². The molecular formula is C20H24N4O. The summed E-state index contributed by atoms with van der Waals surface area (Å²) in [7, 11) is 0. The number of nitrogens with one attached hydrogen (secondary N) is 1. The average molecular weight is 336 g/mol. The highest BCUT2D eigenvalue weighted by Gasteiger charge is 2.38. The fourth-order valence-corrected chi connectivity index (χ4v) is 4.96. The summed E-state index contributed by atoms with van der Waals surface area (Å²) in [6.45, 7) is 2.01. The molecule has 5 rings (SSSR count). The molecule has 25 heavy (non-hydrogen) atoms. The number of hydrogen-bond acceptors (Lipinski definition) is 4. The van der Waals surface area contributed by atoms with Gasteiger partial charge in [-0.3, -0.25) is 4.79 Å². The fraction of sp³-hybridized carbons (Fsp3) is 0.550. The first-order valence-electron chi connectivity index (χ1n) is 9.63. The van der Waals surface area contributed by atoms with Crippen molar-refractivity contribution in [3.63, 3.8) is 0 Å². The van der Waals surface area contributed by atoms with E-state index in [1.165, 1.54) is 31.3 Å². The molecule has 0 aromatic carbocycles. The van der Waals surface area contributed by atoms with Crippen molar-refractivity contribution in [1.82, 2.24) is 15.0 Å². The van der Waals surface area contributed by atoms with E-state index in [-0.39, 0.29) is 11.5 Å². The molecule has 1 atom stereocenters. The Bertz CT molecular complexity index is 836. The van der Waals surface area contributed by atoms with E-state index >= 15 is 0 Å². The van der Waals surface area contributed by atoms with Crippen molar-refractivity contribution in [3.8, 4) is 0 Å². The topological polar surface area (TPSA) is 59.3 Å². The van der Waals surface area contributed by atoms with Crippen molar-refractivity contribution in [2.75, 3.05) is 13.1 Å². The second kappa shape index (κ2) is 6.06. The van der Waals surface area contributed by atoms with Crippen LogP contribution < -0.4 is 10.9 Å². The van der Waals surface area contributed by atoms with Crippen LogP contribution in [0.3, 0.4) is 0 Å². The molecule has 0 amide bonds. The van der Waals surface area contributed by atoms with Gasteiger partial charge in [-0.15, -0.1) is 0 Å². The molecule has 4 aliphatic rings. The lowest BCUT2D eigenvalue weighted by Crippen LogP contribution is -2.29. The highest BCUT2D eigenvalue weighted by molar-refractivity contribution is 6.04. The monoisotopic (exact) mass is 336 g/mol. The van der Waals surface area contributed by atoms with Crippen LogP contribution in [-0.2, 0) is 0 Å². The van der Waals surface area contributed by atoms with Gasteiger partial charge in [0.15, 0.2) is 0 Å². The molecule has 0 spiro atoms. The Morgan fingerprint density at radius 3 is 2.68 bits per heavy atom. The standard InChI is InChI=1S/C20H24N4O/c25-18-12-17(14-8-10-21-11-9-14)24-20(22-18)19-15(13-4-1-2-5-13)6-3-7-16(19)23-24/h3,6-7,12-14,19,21H,1-2,4-5,8-11H2. The van der Waals surface area contributed by atoms with E-state index in [9.17, 15) is 4.79 Å². The molecule has 5 heteroatoms. The number of hydrogen-bond donors (Lipinski definition) is 1. The predicted molar refractivity (Wildman–Crippen MR) is 98.1 cm³/mol. The summed E-state index contributed by atoms with van der Waals surface area (Å²) in [5.74, 6) is 1.94. The van der Waals surface area contributed by atoms with Crippen LogP contribution in [0.5, 0.6) is 0 Å². The Hall–Kier alpha value is -2.01. The highest BCUT2D eigenvalue weighted by Crippen LogP contribution is 2.43. The van der Waals surface area contributed by atoms with Gasteiger partial charge in [0, 0.05) is 12.0 Å². The summed E-state index contributed by atoms with van der Waals surface area (Å²) in [5, 5.41) is 8.30. The van der Waals surface area contributed by atoms with Gasteiger partial charge in [0.05, 0.1) is 17.3 Å². The number of fused-ring (bicyclic) bond motifs is 3. The maximum absolute atomic E-state index is 12.4. The molecule has 5 nitrogen and oxygen atoms in total. The third-order valence-electron chi connectivity index (χ3n) is 6.20. The van der Waals surface area contributed by atoms with E-state index in [0.717, 1.165) is 43.2 Å². The molecule has 1 unspecified atom stereocenters.